The fourth-order valence-electron chi connectivity index (χ4n) is 1.76. The predicted octanol–water partition coefficient (Wildman–Crippen LogP) is 3.48. The molecule has 0 amide bonds. The number of rotatable bonds is 5. The van der Waals surface area contributed by atoms with Gasteiger partial charge in [-0.1, -0.05) is 20.8 Å². The van der Waals surface area contributed by atoms with Gasteiger partial charge in [0.05, 0.1) is 5.69 Å². The topological polar surface area (TPSA) is 50.7 Å². The van der Waals surface area contributed by atoms with Gasteiger partial charge in [0.2, 0.25) is 0 Å². The van der Waals surface area contributed by atoms with Crippen molar-refractivity contribution >= 4 is 5.82 Å². The lowest BCUT2D eigenvalue weighted by atomic mass is 10.1. The molecule has 0 unspecified atom stereocenters. The van der Waals surface area contributed by atoms with Crippen molar-refractivity contribution in [1.82, 2.24) is 15.0 Å². The molecular weight excluding hydrogens is 236 g/mol. The molecule has 0 aliphatic rings. The largest absolute Gasteiger partial charge is 0.370 e. The van der Waals surface area contributed by atoms with Crippen LogP contribution in [0.2, 0.25) is 0 Å². The van der Waals surface area contributed by atoms with E-state index in [1.165, 1.54) is 0 Å². The summed E-state index contributed by atoms with van der Waals surface area (Å²) in [5.74, 6) is 1.31. The van der Waals surface area contributed by atoms with Crippen LogP contribution < -0.4 is 5.32 Å². The first-order valence-corrected chi connectivity index (χ1v) is 6.73. The Morgan fingerprint density at radius 3 is 2.63 bits per heavy atom. The SMILES string of the molecule is CCCNc1cc(-c2ccc(C(C)C)nc2)ncn1. The third-order valence-electron chi connectivity index (χ3n) is 2.90. The summed E-state index contributed by atoms with van der Waals surface area (Å²) in [5, 5.41) is 3.26. The van der Waals surface area contributed by atoms with Crippen molar-refractivity contribution in [3.8, 4) is 11.3 Å². The summed E-state index contributed by atoms with van der Waals surface area (Å²) in [6.45, 7) is 7.32. The van der Waals surface area contributed by atoms with E-state index in [0.29, 0.717) is 5.92 Å². The van der Waals surface area contributed by atoms with Gasteiger partial charge in [-0.25, -0.2) is 9.97 Å². The molecular formula is C15H20N4. The van der Waals surface area contributed by atoms with E-state index in [-0.39, 0.29) is 0 Å². The maximum Gasteiger partial charge on any atom is 0.129 e. The van der Waals surface area contributed by atoms with Crippen LogP contribution in [0.3, 0.4) is 0 Å². The molecule has 0 atom stereocenters. The molecule has 2 rings (SSSR count). The Hall–Kier alpha value is -1.97. The Labute approximate surface area is 114 Å². The van der Waals surface area contributed by atoms with E-state index in [2.05, 4.69) is 53.2 Å². The summed E-state index contributed by atoms with van der Waals surface area (Å²) >= 11 is 0. The lowest BCUT2D eigenvalue weighted by Crippen LogP contribution is -2.02. The quantitative estimate of drug-likeness (QED) is 0.889. The summed E-state index contributed by atoms with van der Waals surface area (Å²) in [6, 6.07) is 6.08. The number of hydrogen-bond acceptors (Lipinski definition) is 4. The van der Waals surface area contributed by atoms with Gasteiger partial charge < -0.3 is 5.32 Å². The molecule has 0 saturated heterocycles. The molecule has 0 fully saturated rings. The Kier molecular flexibility index (Phi) is 4.44. The van der Waals surface area contributed by atoms with Crippen molar-refractivity contribution in [2.24, 2.45) is 0 Å². The molecule has 0 radical (unpaired) electrons. The highest BCUT2D eigenvalue weighted by Gasteiger charge is 2.04. The van der Waals surface area contributed by atoms with Gasteiger partial charge in [0.15, 0.2) is 0 Å². The van der Waals surface area contributed by atoms with E-state index < -0.39 is 0 Å². The molecule has 4 nitrogen and oxygen atoms in total. The molecule has 19 heavy (non-hydrogen) atoms. The summed E-state index contributed by atoms with van der Waals surface area (Å²) in [5.41, 5.74) is 3.02. The first kappa shape index (κ1) is 13.5. The maximum atomic E-state index is 4.47. The van der Waals surface area contributed by atoms with E-state index in [4.69, 9.17) is 0 Å². The zero-order chi connectivity index (χ0) is 13.7. The Balaban J connectivity index is 2.21. The molecule has 2 heterocycles. The van der Waals surface area contributed by atoms with Gasteiger partial charge in [0.1, 0.15) is 12.1 Å². The smallest absolute Gasteiger partial charge is 0.129 e. The molecule has 0 aromatic carbocycles. The molecule has 0 aliphatic carbocycles. The minimum atomic E-state index is 0.446. The zero-order valence-corrected chi connectivity index (χ0v) is 11.7. The van der Waals surface area contributed by atoms with Crippen molar-refractivity contribution in [2.45, 2.75) is 33.1 Å². The lowest BCUT2D eigenvalue weighted by molar-refractivity contribution is 0.823. The normalized spacial score (nSPS) is 10.7. The molecule has 4 heteroatoms. The number of anilines is 1. The minimum absolute atomic E-state index is 0.446. The maximum absolute atomic E-state index is 4.47. The lowest BCUT2D eigenvalue weighted by Gasteiger charge is -2.07. The van der Waals surface area contributed by atoms with Gasteiger partial charge >= 0.3 is 0 Å². The van der Waals surface area contributed by atoms with Gasteiger partial charge in [0, 0.05) is 30.1 Å². The summed E-state index contributed by atoms with van der Waals surface area (Å²) < 4.78 is 0. The highest BCUT2D eigenvalue weighted by molar-refractivity contribution is 5.61. The van der Waals surface area contributed by atoms with E-state index in [1.807, 2.05) is 12.3 Å². The van der Waals surface area contributed by atoms with E-state index in [9.17, 15) is 0 Å². The number of nitrogens with one attached hydrogen (secondary N) is 1. The van der Waals surface area contributed by atoms with Crippen molar-refractivity contribution in [1.29, 1.82) is 0 Å². The first-order valence-electron chi connectivity index (χ1n) is 6.73. The van der Waals surface area contributed by atoms with Crippen LogP contribution in [0.5, 0.6) is 0 Å². The molecule has 0 saturated carbocycles. The fourth-order valence-corrected chi connectivity index (χ4v) is 1.76. The summed E-state index contributed by atoms with van der Waals surface area (Å²) in [7, 11) is 0. The minimum Gasteiger partial charge on any atom is -0.370 e. The Morgan fingerprint density at radius 1 is 1.16 bits per heavy atom. The van der Waals surface area contributed by atoms with Crippen LogP contribution in [0.15, 0.2) is 30.7 Å². The Bertz CT molecular complexity index is 520. The van der Waals surface area contributed by atoms with Crippen LogP contribution >= 0.6 is 0 Å². The summed E-state index contributed by atoms with van der Waals surface area (Å²) in [4.78, 5) is 13.0. The van der Waals surface area contributed by atoms with Gasteiger partial charge in [-0.2, -0.15) is 0 Å². The van der Waals surface area contributed by atoms with Crippen LogP contribution in [-0.4, -0.2) is 21.5 Å². The zero-order valence-electron chi connectivity index (χ0n) is 11.7. The van der Waals surface area contributed by atoms with Gasteiger partial charge in [0.25, 0.3) is 0 Å². The van der Waals surface area contributed by atoms with Gasteiger partial charge in [-0.05, 0) is 24.5 Å². The monoisotopic (exact) mass is 256 g/mol. The van der Waals surface area contributed by atoms with E-state index in [0.717, 1.165) is 35.7 Å². The summed E-state index contributed by atoms with van der Waals surface area (Å²) in [6.07, 6.45) is 4.54. The van der Waals surface area contributed by atoms with Crippen LogP contribution in [0.4, 0.5) is 5.82 Å². The van der Waals surface area contributed by atoms with Crippen LogP contribution in [0.1, 0.15) is 38.8 Å². The van der Waals surface area contributed by atoms with Gasteiger partial charge in [-0.15, -0.1) is 0 Å². The average Bonchev–Trinajstić information content (AvgIpc) is 2.45. The number of hydrogen-bond donors (Lipinski definition) is 1. The first-order chi connectivity index (χ1) is 9.20. The second-order valence-corrected chi connectivity index (χ2v) is 4.84. The van der Waals surface area contributed by atoms with Crippen LogP contribution in [0.25, 0.3) is 11.3 Å². The van der Waals surface area contributed by atoms with Gasteiger partial charge in [-0.3, -0.25) is 4.98 Å². The highest BCUT2D eigenvalue weighted by Crippen LogP contribution is 2.20. The average molecular weight is 256 g/mol. The second-order valence-electron chi connectivity index (χ2n) is 4.84. The third-order valence-corrected chi connectivity index (χ3v) is 2.90. The number of nitrogens with zero attached hydrogens (tertiary/aromatic N) is 3. The molecule has 2 aromatic rings. The standard InChI is InChI=1S/C15H20N4/c1-4-7-16-15-8-14(18-10-19-15)12-5-6-13(11(2)3)17-9-12/h5-6,8-11H,4,7H2,1-3H3,(H,16,18,19). The molecule has 0 spiro atoms. The second kappa shape index (κ2) is 6.27. The van der Waals surface area contributed by atoms with Crippen molar-refractivity contribution in [2.75, 3.05) is 11.9 Å². The van der Waals surface area contributed by atoms with E-state index >= 15 is 0 Å². The molecule has 1 N–H and O–H groups in total. The number of aromatic nitrogens is 3. The Morgan fingerprint density at radius 2 is 2.00 bits per heavy atom. The molecule has 0 aliphatic heterocycles. The van der Waals surface area contributed by atoms with Crippen LogP contribution in [-0.2, 0) is 0 Å². The van der Waals surface area contributed by atoms with Crippen molar-refractivity contribution < 1.29 is 0 Å². The predicted molar refractivity (Wildman–Crippen MR) is 78.1 cm³/mol. The van der Waals surface area contributed by atoms with E-state index in [1.54, 1.807) is 6.33 Å². The fraction of sp³-hybridized carbons (Fsp3) is 0.400. The molecule has 2 aromatic heterocycles. The molecule has 0 bridgehead atoms. The third kappa shape index (κ3) is 3.50. The van der Waals surface area contributed by atoms with Crippen molar-refractivity contribution in [3.63, 3.8) is 0 Å². The van der Waals surface area contributed by atoms with Crippen LogP contribution in [0, 0.1) is 0 Å². The highest BCUT2D eigenvalue weighted by atomic mass is 15.0. The number of pyridine rings is 1. The van der Waals surface area contributed by atoms with Crippen molar-refractivity contribution in [3.05, 3.63) is 36.4 Å². The molecule has 100 valence electrons.